The van der Waals surface area contributed by atoms with Gasteiger partial charge < -0.3 is 39.3 Å². The van der Waals surface area contributed by atoms with Crippen LogP contribution in [0.5, 0.6) is 11.5 Å². The number of benzene rings is 3. The van der Waals surface area contributed by atoms with Crippen LogP contribution >= 0.6 is 0 Å². The fraction of sp³-hybridized carbons (Fsp3) is 0.364. The number of aromatic nitrogens is 4. The predicted molar refractivity (Wildman–Crippen MR) is 228 cm³/mol. The predicted octanol–water partition coefficient (Wildman–Crippen LogP) is 4.34. The third kappa shape index (κ3) is 9.25. The molecule has 16 nitrogen and oxygen atoms in total. The Kier molecular flexibility index (Phi) is 12.6. The van der Waals surface area contributed by atoms with E-state index in [4.69, 9.17) is 34.1 Å². The molecule has 0 radical (unpaired) electrons. The van der Waals surface area contributed by atoms with E-state index in [-0.39, 0.29) is 18.5 Å². The SMILES string of the molecule is COc1ccc(CN(Cc2ccc(OC)cc2)c2ncc(-c3nc(N4CCOCC4)nc4c3CCN4C(=O)Nc3ccc(C(=O)N4CCN(CCO)CC4)cc3)cn2)cc1. The summed E-state index contributed by atoms with van der Waals surface area (Å²) in [4.78, 5) is 56.8. The van der Waals surface area contributed by atoms with E-state index in [1.165, 1.54) is 0 Å². The number of piperazine rings is 1. The topological polar surface area (TPSA) is 162 Å². The van der Waals surface area contributed by atoms with Gasteiger partial charge >= 0.3 is 6.03 Å². The van der Waals surface area contributed by atoms with Crippen molar-refractivity contribution in [2.24, 2.45) is 0 Å². The van der Waals surface area contributed by atoms with Crippen molar-refractivity contribution in [2.45, 2.75) is 19.5 Å². The van der Waals surface area contributed by atoms with Gasteiger partial charge in [0.2, 0.25) is 11.9 Å². The molecule has 3 aliphatic heterocycles. The minimum Gasteiger partial charge on any atom is -0.497 e. The molecule has 312 valence electrons. The second kappa shape index (κ2) is 18.7. The van der Waals surface area contributed by atoms with Gasteiger partial charge in [0.1, 0.15) is 17.3 Å². The fourth-order valence-electron chi connectivity index (χ4n) is 7.68. The quantitative estimate of drug-likeness (QED) is 0.173. The molecular weight excluding hydrogens is 765 g/mol. The van der Waals surface area contributed by atoms with E-state index in [9.17, 15) is 14.7 Å². The number of aliphatic hydroxyl groups is 1. The standard InChI is InChI=1S/C44H50N10O6/c1-58-36-11-3-31(4-12-36)29-53(30-32-5-13-37(59-2)14-6-32)42-45-27-34(28-46-42)39-38-15-16-54(40(38)49-43(48-39)52-22-25-60-26-23-52)44(57)47-35-9-7-33(8-10-35)41(56)51-19-17-50(18-20-51)21-24-55/h3-14,27-28,55H,15-26,29-30H2,1-2H3,(H,47,57). The number of anilines is 4. The number of morpholine rings is 1. The first kappa shape index (κ1) is 40.4. The van der Waals surface area contributed by atoms with Crippen LogP contribution < -0.4 is 29.5 Å². The maximum atomic E-state index is 13.9. The molecule has 0 saturated carbocycles. The lowest BCUT2D eigenvalue weighted by Gasteiger charge is -2.34. The number of rotatable bonds is 13. The Morgan fingerprint density at radius 2 is 1.40 bits per heavy atom. The highest BCUT2D eigenvalue weighted by Crippen LogP contribution is 2.36. The number of hydrogen-bond acceptors (Lipinski definition) is 13. The van der Waals surface area contributed by atoms with Crippen LogP contribution in [0.3, 0.4) is 0 Å². The Labute approximate surface area is 349 Å². The normalized spacial score (nSPS) is 15.4. The first-order chi connectivity index (χ1) is 29.4. The molecule has 2 saturated heterocycles. The Hall–Kier alpha value is -6.36. The van der Waals surface area contributed by atoms with E-state index in [0.29, 0.717) is 107 Å². The van der Waals surface area contributed by atoms with Crippen molar-refractivity contribution >= 4 is 35.3 Å². The smallest absolute Gasteiger partial charge is 0.327 e. The number of carbonyl (C=O) groups is 2. The second-order valence-electron chi connectivity index (χ2n) is 14.9. The maximum Gasteiger partial charge on any atom is 0.327 e. The molecule has 3 aliphatic rings. The molecule has 0 spiro atoms. The number of urea groups is 1. The molecule has 0 aliphatic carbocycles. The molecule has 2 fully saturated rings. The number of nitrogens with one attached hydrogen (secondary N) is 1. The molecule has 16 heteroatoms. The van der Waals surface area contributed by atoms with Crippen molar-refractivity contribution in [3.05, 3.63) is 107 Å². The molecular formula is C44H50N10O6. The summed E-state index contributed by atoms with van der Waals surface area (Å²) in [6, 6.07) is 22.6. The average Bonchev–Trinajstić information content (AvgIpc) is 3.74. The summed E-state index contributed by atoms with van der Waals surface area (Å²) in [6.45, 7) is 7.25. The van der Waals surface area contributed by atoms with E-state index >= 15 is 0 Å². The van der Waals surface area contributed by atoms with Crippen LogP contribution in [0.4, 0.5) is 28.2 Å². The van der Waals surface area contributed by atoms with E-state index in [1.54, 1.807) is 55.8 Å². The van der Waals surface area contributed by atoms with Crippen molar-refractivity contribution in [2.75, 3.05) is 106 Å². The summed E-state index contributed by atoms with van der Waals surface area (Å²) in [6.07, 6.45) is 4.14. The van der Waals surface area contributed by atoms with Crippen LogP contribution in [-0.2, 0) is 24.2 Å². The zero-order valence-electron chi connectivity index (χ0n) is 34.0. The lowest BCUT2D eigenvalue weighted by Crippen LogP contribution is -2.49. The van der Waals surface area contributed by atoms with Crippen molar-refractivity contribution in [3.8, 4) is 22.8 Å². The Morgan fingerprint density at radius 3 is 1.98 bits per heavy atom. The molecule has 3 aromatic carbocycles. The monoisotopic (exact) mass is 814 g/mol. The highest BCUT2D eigenvalue weighted by molar-refractivity contribution is 6.03. The number of carbonyl (C=O) groups excluding carboxylic acids is 2. The maximum absolute atomic E-state index is 13.9. The van der Waals surface area contributed by atoms with E-state index in [2.05, 4.69) is 20.0 Å². The van der Waals surface area contributed by atoms with E-state index < -0.39 is 0 Å². The number of amides is 3. The molecule has 8 rings (SSSR count). The van der Waals surface area contributed by atoms with Gasteiger partial charge in [-0.15, -0.1) is 0 Å². The van der Waals surface area contributed by atoms with Gasteiger partial charge in [0.25, 0.3) is 5.91 Å². The van der Waals surface area contributed by atoms with Gasteiger partial charge in [-0.3, -0.25) is 14.6 Å². The molecule has 0 atom stereocenters. The molecule has 0 unspecified atom stereocenters. The Morgan fingerprint density at radius 1 is 0.783 bits per heavy atom. The van der Waals surface area contributed by atoms with Gasteiger partial charge in [-0.05, 0) is 66.1 Å². The van der Waals surface area contributed by atoms with Crippen molar-refractivity contribution in [1.82, 2.24) is 29.7 Å². The minimum atomic E-state index is -0.329. The largest absolute Gasteiger partial charge is 0.497 e. The molecule has 3 amide bonds. The van der Waals surface area contributed by atoms with Gasteiger partial charge in [-0.1, -0.05) is 24.3 Å². The van der Waals surface area contributed by atoms with Crippen LogP contribution in [-0.4, -0.2) is 133 Å². The Bertz CT molecular complexity index is 2180. The number of nitrogens with zero attached hydrogens (tertiary/aromatic N) is 9. The molecule has 5 aromatic rings. The third-order valence-electron chi connectivity index (χ3n) is 11.1. The molecule has 0 bridgehead atoms. The second-order valence-corrected chi connectivity index (χ2v) is 14.9. The lowest BCUT2D eigenvalue weighted by atomic mass is 10.1. The number of fused-ring (bicyclic) bond motifs is 1. The number of β-amino-alcohol motifs (C(OH)–C–C–N with tert-alkyl or cyclic N) is 1. The molecule has 60 heavy (non-hydrogen) atoms. The van der Waals surface area contributed by atoms with Crippen LogP contribution in [0.25, 0.3) is 11.3 Å². The van der Waals surface area contributed by atoms with E-state index in [0.717, 1.165) is 46.8 Å². The lowest BCUT2D eigenvalue weighted by molar-refractivity contribution is 0.0615. The van der Waals surface area contributed by atoms with Crippen LogP contribution in [0.2, 0.25) is 0 Å². The summed E-state index contributed by atoms with van der Waals surface area (Å²) in [7, 11) is 3.31. The van der Waals surface area contributed by atoms with E-state index in [1.807, 2.05) is 53.4 Å². The van der Waals surface area contributed by atoms with Crippen molar-refractivity contribution < 1.29 is 28.9 Å². The first-order valence-electron chi connectivity index (χ1n) is 20.3. The molecule has 5 heterocycles. The minimum absolute atomic E-state index is 0.0518. The van der Waals surface area contributed by atoms with Crippen molar-refractivity contribution in [3.63, 3.8) is 0 Å². The summed E-state index contributed by atoms with van der Waals surface area (Å²) >= 11 is 0. The Balaban J connectivity index is 1.03. The first-order valence-corrected chi connectivity index (χ1v) is 20.3. The third-order valence-corrected chi connectivity index (χ3v) is 11.1. The average molecular weight is 815 g/mol. The van der Waals surface area contributed by atoms with Gasteiger partial charge in [-0.25, -0.2) is 19.7 Å². The molecule has 2 aromatic heterocycles. The van der Waals surface area contributed by atoms with Gasteiger partial charge in [0.05, 0.1) is 39.7 Å². The van der Waals surface area contributed by atoms with Gasteiger partial charge in [0.15, 0.2) is 0 Å². The number of aliphatic hydroxyl groups excluding tert-OH is 1. The fourth-order valence-corrected chi connectivity index (χ4v) is 7.68. The zero-order valence-corrected chi connectivity index (χ0v) is 34.0. The van der Waals surface area contributed by atoms with Crippen LogP contribution in [0, 0.1) is 0 Å². The summed E-state index contributed by atoms with van der Waals surface area (Å²) < 4.78 is 16.4. The summed E-state index contributed by atoms with van der Waals surface area (Å²) in [5, 5.41) is 12.3. The number of ether oxygens (including phenoxy) is 3. The van der Waals surface area contributed by atoms with Crippen LogP contribution in [0.15, 0.2) is 85.2 Å². The highest BCUT2D eigenvalue weighted by Gasteiger charge is 2.32. The summed E-state index contributed by atoms with van der Waals surface area (Å²) in [5.41, 5.74) is 5.52. The number of methoxy groups -OCH3 is 2. The highest BCUT2D eigenvalue weighted by atomic mass is 16.5. The van der Waals surface area contributed by atoms with Crippen molar-refractivity contribution in [1.29, 1.82) is 0 Å². The van der Waals surface area contributed by atoms with Gasteiger partial charge in [0, 0.05) is 100 Å². The summed E-state index contributed by atoms with van der Waals surface area (Å²) in [5.74, 6) is 3.12. The van der Waals surface area contributed by atoms with Gasteiger partial charge in [-0.2, -0.15) is 4.98 Å². The molecule has 2 N–H and O–H groups in total. The zero-order chi connectivity index (χ0) is 41.4. The number of hydrogen-bond donors (Lipinski definition) is 2. The van der Waals surface area contributed by atoms with Crippen LogP contribution in [0.1, 0.15) is 27.0 Å².